The van der Waals surface area contributed by atoms with Crippen LogP contribution in [-0.2, 0) is 4.74 Å². The summed E-state index contributed by atoms with van der Waals surface area (Å²) < 4.78 is 9.87. The topological polar surface area (TPSA) is 99.7 Å². The fourth-order valence-electron chi connectivity index (χ4n) is 1.87. The van der Waals surface area contributed by atoms with Crippen LogP contribution in [0.15, 0.2) is 34.9 Å². The van der Waals surface area contributed by atoms with E-state index < -0.39 is 23.3 Å². The fraction of sp³-hybridized carbons (Fsp3) is 0.200. The Hall–Kier alpha value is -2.96. The van der Waals surface area contributed by atoms with Crippen LogP contribution in [0, 0.1) is 24.0 Å². The zero-order valence-corrected chi connectivity index (χ0v) is 12.0. The third-order valence-corrected chi connectivity index (χ3v) is 3.14. The van der Waals surface area contributed by atoms with Gasteiger partial charge in [-0.15, -0.1) is 0 Å². The van der Waals surface area contributed by atoms with Crippen LogP contribution in [0.25, 0.3) is 0 Å². The number of ether oxygens (including phenoxy) is 1. The Morgan fingerprint density at radius 2 is 2.00 bits per heavy atom. The monoisotopic (exact) mass is 303 g/mol. The molecule has 0 saturated heterocycles. The van der Waals surface area contributed by atoms with Crippen LogP contribution < -0.4 is 0 Å². The predicted octanol–water partition coefficient (Wildman–Crippen LogP) is 2.84. The van der Waals surface area contributed by atoms with Crippen molar-refractivity contribution in [1.29, 1.82) is 0 Å². The molecule has 7 heteroatoms. The first-order chi connectivity index (χ1) is 10.4. The second kappa shape index (κ2) is 6.21. The van der Waals surface area contributed by atoms with E-state index in [1.165, 1.54) is 30.5 Å². The van der Waals surface area contributed by atoms with Gasteiger partial charge in [0.2, 0.25) is 5.78 Å². The number of nitro benzene ring substituents is 1. The maximum atomic E-state index is 12.0. The number of benzene rings is 1. The fourth-order valence-corrected chi connectivity index (χ4v) is 1.87. The van der Waals surface area contributed by atoms with E-state index in [0.717, 1.165) is 0 Å². The molecule has 0 aliphatic heterocycles. The molecule has 0 N–H and O–H groups in total. The predicted molar refractivity (Wildman–Crippen MR) is 75.9 cm³/mol. The highest BCUT2D eigenvalue weighted by molar-refractivity contribution is 6.00. The van der Waals surface area contributed by atoms with Gasteiger partial charge in [0.25, 0.3) is 5.69 Å². The van der Waals surface area contributed by atoms with Gasteiger partial charge in [-0.25, -0.2) is 4.79 Å². The van der Waals surface area contributed by atoms with Crippen LogP contribution in [0.2, 0.25) is 0 Å². The zero-order chi connectivity index (χ0) is 16.3. The summed E-state index contributed by atoms with van der Waals surface area (Å²) in [4.78, 5) is 34.0. The number of Topliss-reactive ketones (excluding diaryl/α,β-unsaturated/α-hetero) is 1. The quantitative estimate of drug-likeness (QED) is 0.364. The van der Waals surface area contributed by atoms with Crippen molar-refractivity contribution in [2.24, 2.45) is 0 Å². The molecule has 0 fully saturated rings. The third kappa shape index (κ3) is 3.20. The van der Waals surface area contributed by atoms with Gasteiger partial charge in [-0.3, -0.25) is 14.9 Å². The molecule has 0 bridgehead atoms. The summed E-state index contributed by atoms with van der Waals surface area (Å²) in [6.07, 6.45) is 1.34. The van der Waals surface area contributed by atoms with E-state index in [0.29, 0.717) is 11.3 Å². The number of ketones is 1. The number of hydrogen-bond acceptors (Lipinski definition) is 6. The molecule has 0 aliphatic carbocycles. The number of carbonyl (C=O) groups excluding carboxylic acids is 2. The Balaban J connectivity index is 2.07. The molecule has 1 aromatic carbocycles. The van der Waals surface area contributed by atoms with E-state index >= 15 is 0 Å². The first-order valence-electron chi connectivity index (χ1n) is 6.39. The van der Waals surface area contributed by atoms with Crippen LogP contribution in [0.4, 0.5) is 5.69 Å². The van der Waals surface area contributed by atoms with E-state index in [1.807, 2.05) is 0 Å². The lowest BCUT2D eigenvalue weighted by molar-refractivity contribution is -0.385. The van der Waals surface area contributed by atoms with Gasteiger partial charge in [-0.1, -0.05) is 12.1 Å². The largest absolute Gasteiger partial charge is 0.469 e. The molecular weight excluding hydrogens is 290 g/mol. The highest BCUT2D eigenvalue weighted by Crippen LogP contribution is 2.19. The number of carbonyl (C=O) groups is 2. The third-order valence-electron chi connectivity index (χ3n) is 3.14. The summed E-state index contributed by atoms with van der Waals surface area (Å²) in [6, 6.07) is 5.56. The van der Waals surface area contributed by atoms with Gasteiger partial charge in [0.05, 0.1) is 11.2 Å². The second-order valence-corrected chi connectivity index (χ2v) is 4.65. The minimum absolute atomic E-state index is 0.119. The van der Waals surface area contributed by atoms with Crippen molar-refractivity contribution in [3.8, 4) is 0 Å². The van der Waals surface area contributed by atoms with Gasteiger partial charge in [0, 0.05) is 17.2 Å². The summed E-state index contributed by atoms with van der Waals surface area (Å²) in [7, 11) is 0. The molecule has 2 rings (SSSR count). The number of nitrogens with zero attached hydrogens (tertiary/aromatic N) is 1. The molecular formula is C15H13NO6. The van der Waals surface area contributed by atoms with Crippen molar-refractivity contribution >= 4 is 17.4 Å². The molecule has 0 aliphatic rings. The SMILES string of the molecule is Cc1ccc(C(=O)COC(=O)c2ccoc2C)cc1[N+](=O)[O-]. The molecule has 0 atom stereocenters. The highest BCUT2D eigenvalue weighted by Gasteiger charge is 2.18. The van der Waals surface area contributed by atoms with Crippen molar-refractivity contribution in [1.82, 2.24) is 0 Å². The number of rotatable bonds is 5. The van der Waals surface area contributed by atoms with E-state index in [2.05, 4.69) is 0 Å². The molecule has 7 nitrogen and oxygen atoms in total. The molecule has 0 unspecified atom stereocenters. The summed E-state index contributed by atoms with van der Waals surface area (Å²) in [6.45, 7) is 2.68. The zero-order valence-electron chi connectivity index (χ0n) is 12.0. The smallest absolute Gasteiger partial charge is 0.342 e. The molecule has 22 heavy (non-hydrogen) atoms. The Kier molecular flexibility index (Phi) is 4.36. The van der Waals surface area contributed by atoms with Crippen molar-refractivity contribution in [3.63, 3.8) is 0 Å². The molecule has 2 aromatic rings. The minimum Gasteiger partial charge on any atom is -0.469 e. The van der Waals surface area contributed by atoms with Gasteiger partial charge >= 0.3 is 5.97 Å². The average Bonchev–Trinajstić information content (AvgIpc) is 2.90. The van der Waals surface area contributed by atoms with Gasteiger partial charge in [-0.2, -0.15) is 0 Å². The van der Waals surface area contributed by atoms with Crippen LogP contribution in [0.3, 0.4) is 0 Å². The van der Waals surface area contributed by atoms with Gasteiger partial charge < -0.3 is 9.15 Å². The molecule has 114 valence electrons. The minimum atomic E-state index is -0.679. The standard InChI is InChI=1S/C15H13NO6/c1-9-3-4-11(7-13(9)16(19)20)14(17)8-22-15(18)12-5-6-21-10(12)2/h3-7H,8H2,1-2H3. The van der Waals surface area contributed by atoms with Crippen LogP contribution >= 0.6 is 0 Å². The van der Waals surface area contributed by atoms with E-state index in [1.54, 1.807) is 13.8 Å². The van der Waals surface area contributed by atoms with Gasteiger partial charge in [-0.05, 0) is 19.9 Å². The molecule has 0 spiro atoms. The molecule has 1 heterocycles. The Bertz CT molecular complexity index is 746. The number of nitro groups is 1. The van der Waals surface area contributed by atoms with Crippen molar-refractivity contribution < 1.29 is 23.7 Å². The Morgan fingerprint density at radius 1 is 1.27 bits per heavy atom. The molecule has 0 saturated carbocycles. The lowest BCUT2D eigenvalue weighted by Crippen LogP contribution is -2.14. The normalized spacial score (nSPS) is 10.3. The van der Waals surface area contributed by atoms with Gasteiger partial charge in [0.1, 0.15) is 11.3 Å². The Labute approximate surface area is 125 Å². The summed E-state index contributed by atoms with van der Waals surface area (Å²) in [5, 5.41) is 10.9. The number of furan rings is 1. The summed E-state index contributed by atoms with van der Waals surface area (Å²) in [5.74, 6) is -0.803. The maximum Gasteiger partial charge on any atom is 0.342 e. The second-order valence-electron chi connectivity index (χ2n) is 4.65. The van der Waals surface area contributed by atoms with E-state index in [-0.39, 0.29) is 16.8 Å². The van der Waals surface area contributed by atoms with E-state index in [9.17, 15) is 19.7 Å². The van der Waals surface area contributed by atoms with Crippen molar-refractivity contribution in [3.05, 3.63) is 63.1 Å². The highest BCUT2D eigenvalue weighted by atomic mass is 16.6. The van der Waals surface area contributed by atoms with Gasteiger partial charge in [0.15, 0.2) is 6.61 Å². The Morgan fingerprint density at radius 3 is 2.59 bits per heavy atom. The number of aryl methyl sites for hydroxylation is 2. The van der Waals surface area contributed by atoms with E-state index in [4.69, 9.17) is 9.15 Å². The number of esters is 1. The molecule has 0 radical (unpaired) electrons. The maximum absolute atomic E-state index is 12.0. The lowest BCUT2D eigenvalue weighted by Gasteiger charge is -2.04. The van der Waals surface area contributed by atoms with Crippen molar-refractivity contribution in [2.75, 3.05) is 6.61 Å². The summed E-state index contributed by atoms with van der Waals surface area (Å²) in [5.41, 5.74) is 0.659. The van der Waals surface area contributed by atoms with Crippen LogP contribution in [0.5, 0.6) is 0 Å². The van der Waals surface area contributed by atoms with Crippen molar-refractivity contribution in [2.45, 2.75) is 13.8 Å². The lowest BCUT2D eigenvalue weighted by atomic mass is 10.1. The van der Waals surface area contributed by atoms with Crippen LogP contribution in [-0.4, -0.2) is 23.3 Å². The summed E-state index contributed by atoms with van der Waals surface area (Å²) >= 11 is 0. The molecule has 1 aromatic heterocycles. The van der Waals surface area contributed by atoms with Crippen LogP contribution in [0.1, 0.15) is 32.0 Å². The first kappa shape index (κ1) is 15.4. The average molecular weight is 303 g/mol. The number of hydrogen-bond donors (Lipinski definition) is 0. The first-order valence-corrected chi connectivity index (χ1v) is 6.39. The molecule has 0 amide bonds.